The quantitative estimate of drug-likeness (QED) is 0.477. The van der Waals surface area contributed by atoms with Crippen LogP contribution in [0.3, 0.4) is 0 Å². The normalized spacial score (nSPS) is 19.6. The van der Waals surface area contributed by atoms with Crippen LogP contribution in [0.2, 0.25) is 5.02 Å². The second-order valence-corrected chi connectivity index (χ2v) is 7.87. The number of nitrogens with two attached hydrogens (primary N) is 1. The molecule has 2 aromatic rings. The van der Waals surface area contributed by atoms with E-state index in [1.54, 1.807) is 0 Å². The van der Waals surface area contributed by atoms with Gasteiger partial charge in [0.15, 0.2) is 6.23 Å². The largest absolute Gasteiger partial charge is 0.453 e. The van der Waals surface area contributed by atoms with Crippen molar-refractivity contribution in [1.29, 1.82) is 0 Å². The van der Waals surface area contributed by atoms with Crippen LogP contribution in [0.1, 0.15) is 18.4 Å². The molecule has 1 fully saturated rings. The maximum atomic E-state index is 6.04. The minimum absolute atomic E-state index is 0.129. The number of benzene rings is 1. The first-order chi connectivity index (χ1) is 14.2. The minimum atomic E-state index is -0.129. The van der Waals surface area contributed by atoms with Crippen LogP contribution < -0.4 is 21.4 Å². The molecule has 0 amide bonds. The summed E-state index contributed by atoms with van der Waals surface area (Å²) < 4.78 is 6.03. The molecule has 29 heavy (non-hydrogen) atoms. The minimum Gasteiger partial charge on any atom is -0.453 e. The molecule has 0 spiro atoms. The van der Waals surface area contributed by atoms with E-state index in [1.165, 1.54) is 0 Å². The Hall–Kier alpha value is -2.51. The highest BCUT2D eigenvalue weighted by atomic mass is 35.5. The molecule has 3 heterocycles. The molecule has 154 valence electrons. The van der Waals surface area contributed by atoms with Crippen LogP contribution in [0.4, 0.5) is 11.5 Å². The van der Waals surface area contributed by atoms with Crippen LogP contribution in [0.5, 0.6) is 0 Å². The lowest BCUT2D eigenvalue weighted by atomic mass is 9.96. The molecule has 4 N–H and O–H groups in total. The molecule has 0 bridgehead atoms. The van der Waals surface area contributed by atoms with E-state index >= 15 is 0 Å². The Kier molecular flexibility index (Phi) is 6.36. The summed E-state index contributed by atoms with van der Waals surface area (Å²) in [7, 11) is 0. The third-order valence-corrected chi connectivity index (χ3v) is 5.64. The third kappa shape index (κ3) is 5.10. The molecule has 0 radical (unpaired) electrons. The number of hydrogen-bond donors (Lipinski definition) is 3. The van der Waals surface area contributed by atoms with Crippen molar-refractivity contribution in [1.82, 2.24) is 15.7 Å². The van der Waals surface area contributed by atoms with Crippen molar-refractivity contribution in [2.75, 3.05) is 36.8 Å². The molecule has 4 rings (SSSR count). The first-order valence-corrected chi connectivity index (χ1v) is 10.5. The molecule has 2 aliphatic heterocycles. The zero-order valence-electron chi connectivity index (χ0n) is 16.4. The van der Waals surface area contributed by atoms with Gasteiger partial charge in [-0.3, -0.25) is 5.43 Å². The van der Waals surface area contributed by atoms with Gasteiger partial charge in [0.1, 0.15) is 5.82 Å². The molecule has 1 atom stereocenters. The van der Waals surface area contributed by atoms with Gasteiger partial charge in [0.25, 0.3) is 0 Å². The van der Waals surface area contributed by atoms with Gasteiger partial charge in [-0.05, 0) is 61.7 Å². The van der Waals surface area contributed by atoms with Gasteiger partial charge in [-0.1, -0.05) is 17.7 Å². The van der Waals surface area contributed by atoms with Crippen LogP contribution in [-0.2, 0) is 11.2 Å². The monoisotopic (exact) mass is 414 g/mol. The van der Waals surface area contributed by atoms with Crippen molar-refractivity contribution >= 4 is 29.0 Å². The highest BCUT2D eigenvalue weighted by Gasteiger charge is 2.30. The van der Waals surface area contributed by atoms with Gasteiger partial charge in [0.05, 0.1) is 6.54 Å². The maximum Gasteiger partial charge on any atom is 0.211 e. The van der Waals surface area contributed by atoms with E-state index in [4.69, 9.17) is 22.1 Å². The lowest BCUT2D eigenvalue weighted by molar-refractivity contribution is 0.170. The molecule has 1 aromatic carbocycles. The highest BCUT2D eigenvalue weighted by Crippen LogP contribution is 2.24. The Labute approximate surface area is 176 Å². The summed E-state index contributed by atoms with van der Waals surface area (Å²) in [6, 6.07) is 11.6. The van der Waals surface area contributed by atoms with Crippen molar-refractivity contribution < 1.29 is 4.74 Å². The maximum absolute atomic E-state index is 6.04. The first-order valence-electron chi connectivity index (χ1n) is 10.1. The van der Waals surface area contributed by atoms with Gasteiger partial charge >= 0.3 is 0 Å². The first kappa shape index (κ1) is 19.8. The number of pyridine rings is 1. The molecule has 8 heteroatoms. The van der Waals surface area contributed by atoms with Gasteiger partial charge < -0.3 is 20.7 Å². The average molecular weight is 415 g/mol. The highest BCUT2D eigenvalue weighted by molar-refractivity contribution is 6.30. The number of hydrazone groups is 1. The van der Waals surface area contributed by atoms with Crippen molar-refractivity contribution in [3.63, 3.8) is 0 Å². The summed E-state index contributed by atoms with van der Waals surface area (Å²) in [5.74, 6) is 2.23. The fourth-order valence-electron chi connectivity index (χ4n) is 3.75. The molecule has 1 saturated heterocycles. The van der Waals surface area contributed by atoms with Crippen molar-refractivity contribution in [3.8, 4) is 0 Å². The Morgan fingerprint density at radius 1 is 1.24 bits per heavy atom. The average Bonchev–Trinajstić information content (AvgIpc) is 3.23. The fourth-order valence-corrected chi connectivity index (χ4v) is 3.95. The van der Waals surface area contributed by atoms with Crippen LogP contribution in [0.15, 0.2) is 47.7 Å². The van der Waals surface area contributed by atoms with Gasteiger partial charge in [0.2, 0.25) is 5.90 Å². The number of rotatable bonds is 7. The lowest BCUT2D eigenvalue weighted by Crippen LogP contribution is -2.39. The van der Waals surface area contributed by atoms with Gasteiger partial charge in [-0.25, -0.2) is 4.98 Å². The van der Waals surface area contributed by atoms with E-state index in [0.29, 0.717) is 17.5 Å². The van der Waals surface area contributed by atoms with E-state index in [1.807, 2.05) is 36.5 Å². The van der Waals surface area contributed by atoms with E-state index in [-0.39, 0.29) is 6.23 Å². The number of hydrogen-bond acceptors (Lipinski definition) is 7. The van der Waals surface area contributed by atoms with E-state index in [2.05, 4.69) is 31.8 Å². The second kappa shape index (κ2) is 9.33. The summed E-state index contributed by atoms with van der Waals surface area (Å²) in [5, 5.41) is 8.54. The van der Waals surface area contributed by atoms with E-state index < -0.39 is 0 Å². The smallest absolute Gasteiger partial charge is 0.211 e. The van der Waals surface area contributed by atoms with Gasteiger partial charge in [-0.15, -0.1) is 5.10 Å². The number of nitrogens with one attached hydrogen (secondary N) is 2. The number of ether oxygens (including phenoxy) is 1. The fraction of sp³-hybridized carbons (Fsp3) is 0.429. The van der Waals surface area contributed by atoms with Gasteiger partial charge in [-0.2, -0.15) is 0 Å². The number of nitrogen functional groups attached to an aromatic ring is 1. The van der Waals surface area contributed by atoms with Crippen molar-refractivity contribution in [2.24, 2.45) is 11.0 Å². The number of aromatic nitrogens is 1. The predicted molar refractivity (Wildman–Crippen MR) is 117 cm³/mol. The summed E-state index contributed by atoms with van der Waals surface area (Å²) in [6.07, 6.45) is 4.57. The Balaban J connectivity index is 1.17. The zero-order valence-corrected chi connectivity index (χ0v) is 17.1. The van der Waals surface area contributed by atoms with E-state index in [0.717, 1.165) is 61.9 Å². The summed E-state index contributed by atoms with van der Waals surface area (Å²) in [4.78, 5) is 6.76. The molecule has 2 aliphatic rings. The topological polar surface area (TPSA) is 87.8 Å². The zero-order chi connectivity index (χ0) is 20.1. The van der Waals surface area contributed by atoms with Crippen LogP contribution >= 0.6 is 11.6 Å². The second-order valence-electron chi connectivity index (χ2n) is 7.43. The van der Waals surface area contributed by atoms with Crippen LogP contribution in [0, 0.1) is 5.92 Å². The third-order valence-electron chi connectivity index (χ3n) is 5.41. The molecular formula is C21H27ClN6O. The standard InChI is InChI=1S/C21H27ClN6O/c22-17-4-5-18(23)16(13-17)6-10-24-14-20-26-27-21(29-20)15-7-11-28(12-8-15)19-3-1-2-9-25-19/h1-5,9,13,15,20,24,26H,6-8,10-12,14,23H2. The molecule has 7 nitrogen and oxygen atoms in total. The van der Waals surface area contributed by atoms with E-state index in [9.17, 15) is 0 Å². The van der Waals surface area contributed by atoms with Crippen LogP contribution in [0.25, 0.3) is 0 Å². The molecule has 1 unspecified atom stereocenters. The molecular weight excluding hydrogens is 388 g/mol. The Morgan fingerprint density at radius 2 is 2.10 bits per heavy atom. The summed E-state index contributed by atoms with van der Waals surface area (Å²) in [5.41, 5.74) is 10.9. The molecule has 0 aliphatic carbocycles. The summed E-state index contributed by atoms with van der Waals surface area (Å²) in [6.45, 7) is 3.41. The number of halogens is 1. The van der Waals surface area contributed by atoms with Crippen LogP contribution in [-0.4, -0.2) is 43.3 Å². The Morgan fingerprint density at radius 3 is 2.90 bits per heavy atom. The van der Waals surface area contributed by atoms with Gasteiger partial charge in [0, 0.05) is 35.9 Å². The number of nitrogens with zero attached hydrogens (tertiary/aromatic N) is 3. The Bertz CT molecular complexity index is 838. The summed E-state index contributed by atoms with van der Waals surface area (Å²) >= 11 is 6.04. The molecule has 0 saturated carbocycles. The number of piperidine rings is 1. The van der Waals surface area contributed by atoms with Crippen molar-refractivity contribution in [3.05, 3.63) is 53.2 Å². The van der Waals surface area contributed by atoms with Crippen molar-refractivity contribution in [2.45, 2.75) is 25.5 Å². The predicted octanol–water partition coefficient (Wildman–Crippen LogP) is 2.63. The molecule has 1 aromatic heterocycles. The number of anilines is 2. The SMILES string of the molecule is Nc1ccc(Cl)cc1CCNCC1NN=C(C2CCN(c3ccccn3)CC2)O1. The lowest BCUT2D eigenvalue weighted by Gasteiger charge is -2.32.